The van der Waals surface area contributed by atoms with Gasteiger partial charge in [-0.25, -0.2) is 0 Å². The van der Waals surface area contributed by atoms with Crippen LogP contribution < -0.4 is 15.6 Å². The van der Waals surface area contributed by atoms with Gasteiger partial charge in [0, 0.05) is 30.5 Å². The lowest BCUT2D eigenvalue weighted by molar-refractivity contribution is -0.0822. The summed E-state index contributed by atoms with van der Waals surface area (Å²) in [5, 5.41) is 22.7. The summed E-state index contributed by atoms with van der Waals surface area (Å²) >= 11 is 0. The van der Waals surface area contributed by atoms with Gasteiger partial charge in [-0.15, -0.1) is 0 Å². The molecule has 0 unspecified atom stereocenters. The second-order valence-electron chi connectivity index (χ2n) is 10.7. The average Bonchev–Trinajstić information content (AvgIpc) is 2.98. The molecule has 0 fully saturated rings. The van der Waals surface area contributed by atoms with Crippen LogP contribution in [0.3, 0.4) is 0 Å². The van der Waals surface area contributed by atoms with Gasteiger partial charge in [0.1, 0.15) is 34.7 Å². The van der Waals surface area contributed by atoms with Crippen molar-refractivity contribution in [2.75, 3.05) is 0 Å². The molecule has 0 saturated heterocycles. The summed E-state index contributed by atoms with van der Waals surface area (Å²) < 4.78 is 18.3. The van der Waals surface area contributed by atoms with Crippen LogP contribution in [-0.4, -0.2) is 22.4 Å². The number of hydrogen-bond acceptors (Lipinski definition) is 7. The van der Waals surface area contributed by atoms with E-state index in [1.54, 1.807) is 12.1 Å². The fraction of sp³-hybridized carbons (Fsp3) is 0.235. The number of fused-ring (bicyclic) bond motifs is 8. The highest BCUT2D eigenvalue weighted by atomic mass is 16.5. The summed E-state index contributed by atoms with van der Waals surface area (Å²) in [4.78, 5) is 27.1. The molecule has 2 aromatic heterocycles. The predicted octanol–water partition coefficient (Wildman–Crippen LogP) is 4.62. The van der Waals surface area contributed by atoms with E-state index in [1.807, 2.05) is 60.7 Å². The van der Waals surface area contributed by atoms with Crippen molar-refractivity contribution in [2.24, 2.45) is 0 Å². The van der Waals surface area contributed by atoms with Crippen LogP contribution in [0.2, 0.25) is 0 Å². The van der Waals surface area contributed by atoms with Gasteiger partial charge < -0.3 is 23.8 Å². The summed E-state index contributed by atoms with van der Waals surface area (Å²) in [5.41, 5.74) is 2.47. The van der Waals surface area contributed by atoms with E-state index in [0.29, 0.717) is 54.1 Å². The van der Waals surface area contributed by atoms with Gasteiger partial charge in [0.05, 0.1) is 16.9 Å². The Bertz CT molecular complexity index is 1860. The van der Waals surface area contributed by atoms with Crippen molar-refractivity contribution in [3.8, 4) is 5.75 Å². The van der Waals surface area contributed by atoms with E-state index in [4.69, 9.17) is 13.6 Å². The third kappa shape index (κ3) is 4.47. The lowest BCUT2D eigenvalue weighted by Gasteiger charge is -2.43. The van der Waals surface area contributed by atoms with Gasteiger partial charge in [0.25, 0.3) is 0 Å². The molecule has 41 heavy (non-hydrogen) atoms. The fourth-order valence-electron chi connectivity index (χ4n) is 6.18. The van der Waals surface area contributed by atoms with Gasteiger partial charge in [-0.1, -0.05) is 60.7 Å². The van der Waals surface area contributed by atoms with Crippen LogP contribution in [0.15, 0.2) is 103 Å². The van der Waals surface area contributed by atoms with Gasteiger partial charge in [0.2, 0.25) is 0 Å². The summed E-state index contributed by atoms with van der Waals surface area (Å²) in [5.74, 6) is 0.477. The average molecular weight is 549 g/mol. The van der Waals surface area contributed by atoms with Crippen LogP contribution >= 0.6 is 0 Å². The molecule has 0 spiro atoms. The molecule has 1 aliphatic heterocycles. The van der Waals surface area contributed by atoms with Crippen molar-refractivity contribution >= 4 is 11.0 Å². The van der Waals surface area contributed by atoms with E-state index in [1.165, 1.54) is 12.1 Å². The first kappa shape index (κ1) is 25.5. The molecule has 1 aliphatic carbocycles. The summed E-state index contributed by atoms with van der Waals surface area (Å²) in [6, 6.07) is 26.0. The maximum atomic E-state index is 13.6. The van der Waals surface area contributed by atoms with Crippen LogP contribution in [0.5, 0.6) is 5.75 Å². The number of aryl methyl sites for hydroxylation is 4. The minimum atomic E-state index is -1.35. The smallest absolute Gasteiger partial charge is 0.193 e. The second kappa shape index (κ2) is 10.2. The fourth-order valence-corrected chi connectivity index (χ4v) is 6.18. The number of hydrogen-bond donors (Lipinski definition) is 2. The molecule has 3 heterocycles. The minimum absolute atomic E-state index is 0.0763. The standard InChI is InChI=1S/C34H28O7/c35-23-17-21(13-11-19-7-3-1-4-8-19)39-25-15-16-26-29(27(23)25)30-28-24(36)18-22(14-12-20-9-5-2-6-10-20)40-33(28)32(38)34(41-26)31(30)37/h1-10,15-18,30-32,34,37-38H,11-14H2/t30-,31-,32+,34+/m1/s1. The molecule has 0 amide bonds. The molecule has 7 rings (SSSR count). The van der Waals surface area contributed by atoms with Crippen LogP contribution in [0, 0.1) is 0 Å². The first-order valence-electron chi connectivity index (χ1n) is 13.8. The van der Waals surface area contributed by atoms with Crippen molar-refractivity contribution in [2.45, 2.75) is 49.9 Å². The lowest BCUT2D eigenvalue weighted by Crippen LogP contribution is -2.50. The van der Waals surface area contributed by atoms with E-state index in [-0.39, 0.29) is 27.6 Å². The van der Waals surface area contributed by atoms with E-state index >= 15 is 0 Å². The molecule has 7 heteroatoms. The largest absolute Gasteiger partial charge is 0.484 e. The number of benzene rings is 3. The number of aliphatic hydroxyl groups is 2. The second-order valence-corrected chi connectivity index (χ2v) is 10.7. The highest BCUT2D eigenvalue weighted by Gasteiger charge is 2.51. The molecule has 206 valence electrons. The van der Waals surface area contributed by atoms with Crippen LogP contribution in [0.25, 0.3) is 11.0 Å². The van der Waals surface area contributed by atoms with E-state index < -0.39 is 24.2 Å². The van der Waals surface area contributed by atoms with Gasteiger partial charge in [-0.3, -0.25) is 9.59 Å². The van der Waals surface area contributed by atoms with Crippen molar-refractivity contribution < 1.29 is 23.8 Å². The molecular formula is C34H28O7. The molecule has 7 nitrogen and oxygen atoms in total. The Balaban J connectivity index is 1.29. The first-order chi connectivity index (χ1) is 20.0. The van der Waals surface area contributed by atoms with Crippen molar-refractivity contribution in [3.63, 3.8) is 0 Å². The number of aliphatic hydroxyl groups excluding tert-OH is 2. The predicted molar refractivity (Wildman–Crippen MR) is 152 cm³/mol. The quantitative estimate of drug-likeness (QED) is 0.319. The summed E-state index contributed by atoms with van der Waals surface area (Å²) in [7, 11) is 0. The maximum Gasteiger partial charge on any atom is 0.193 e. The van der Waals surface area contributed by atoms with Crippen LogP contribution in [0.1, 0.15) is 51.6 Å². The number of ether oxygens (including phenoxy) is 1. The maximum absolute atomic E-state index is 13.6. The molecular weight excluding hydrogens is 520 g/mol. The summed E-state index contributed by atoms with van der Waals surface area (Å²) in [6.07, 6.45) is -1.28. The van der Waals surface area contributed by atoms with E-state index in [2.05, 4.69) is 0 Å². The highest BCUT2D eigenvalue weighted by Crippen LogP contribution is 2.50. The van der Waals surface area contributed by atoms with Gasteiger partial charge >= 0.3 is 0 Å². The molecule has 2 aliphatic rings. The van der Waals surface area contributed by atoms with Gasteiger partial charge in [-0.2, -0.15) is 0 Å². The molecule has 4 atom stereocenters. The Morgan fingerprint density at radius 3 is 1.93 bits per heavy atom. The Morgan fingerprint density at radius 2 is 1.27 bits per heavy atom. The topological polar surface area (TPSA) is 110 Å². The molecule has 0 saturated carbocycles. The normalized spacial score (nSPS) is 20.7. The first-order valence-corrected chi connectivity index (χ1v) is 13.8. The Kier molecular flexibility index (Phi) is 6.33. The molecule has 2 bridgehead atoms. The molecule has 5 aromatic rings. The van der Waals surface area contributed by atoms with Crippen molar-refractivity contribution in [1.82, 2.24) is 0 Å². The zero-order valence-corrected chi connectivity index (χ0v) is 22.2. The minimum Gasteiger partial charge on any atom is -0.484 e. The van der Waals surface area contributed by atoms with Crippen LogP contribution in [-0.2, 0) is 25.7 Å². The third-order valence-electron chi connectivity index (χ3n) is 8.16. The lowest BCUT2D eigenvalue weighted by atomic mass is 9.73. The van der Waals surface area contributed by atoms with Gasteiger partial charge in [-0.05, 0) is 36.1 Å². The Labute approximate surface area is 235 Å². The zero-order chi connectivity index (χ0) is 28.1. The van der Waals surface area contributed by atoms with Crippen LogP contribution in [0.4, 0.5) is 0 Å². The zero-order valence-electron chi connectivity index (χ0n) is 22.2. The van der Waals surface area contributed by atoms with Gasteiger partial charge in [0.15, 0.2) is 23.1 Å². The van der Waals surface area contributed by atoms with Crippen molar-refractivity contribution in [3.05, 3.63) is 145 Å². The summed E-state index contributed by atoms with van der Waals surface area (Å²) in [6.45, 7) is 0. The number of rotatable bonds is 6. The third-order valence-corrected chi connectivity index (χ3v) is 8.16. The van der Waals surface area contributed by atoms with E-state index in [0.717, 1.165) is 11.1 Å². The van der Waals surface area contributed by atoms with E-state index in [9.17, 15) is 19.8 Å². The molecule has 0 radical (unpaired) electrons. The highest BCUT2D eigenvalue weighted by molar-refractivity contribution is 5.85. The Morgan fingerprint density at radius 1 is 0.659 bits per heavy atom. The Hall–Kier alpha value is -4.46. The monoisotopic (exact) mass is 548 g/mol. The van der Waals surface area contributed by atoms with Crippen molar-refractivity contribution in [1.29, 1.82) is 0 Å². The molecule has 2 N–H and O–H groups in total. The SMILES string of the molecule is O=c1cc(CCc2ccccc2)oc2c1[C@@H]1c3c(ccc4oc(CCc5ccccc5)cc(=O)c34)O[C@@H]([C@@H]1O)[C@H]2O. The molecule has 3 aromatic carbocycles.